The lowest BCUT2D eigenvalue weighted by Crippen LogP contribution is -2.77. The molecule has 2 aromatic rings. The van der Waals surface area contributed by atoms with Crippen LogP contribution >= 0.6 is 0 Å². The van der Waals surface area contributed by atoms with E-state index in [1.807, 2.05) is 12.1 Å². The summed E-state index contributed by atoms with van der Waals surface area (Å²) in [7, 11) is 0. The molecule has 138 valence electrons. The van der Waals surface area contributed by atoms with Crippen molar-refractivity contribution in [3.05, 3.63) is 71.8 Å². The van der Waals surface area contributed by atoms with Gasteiger partial charge in [-0.2, -0.15) is 0 Å². The number of benzene rings is 2. The zero-order valence-electron chi connectivity index (χ0n) is 15.6. The summed E-state index contributed by atoms with van der Waals surface area (Å²) in [5.41, 5.74) is 1.35. The third-order valence-corrected chi connectivity index (χ3v) is 5.67. The first-order valence-corrected chi connectivity index (χ1v) is 9.59. The summed E-state index contributed by atoms with van der Waals surface area (Å²) in [6, 6.07) is 21.2. The first-order valence-electron chi connectivity index (χ1n) is 9.59. The Labute approximate surface area is 155 Å². The van der Waals surface area contributed by atoms with Crippen LogP contribution in [0.1, 0.15) is 49.9 Å². The van der Waals surface area contributed by atoms with Gasteiger partial charge in [0.1, 0.15) is 0 Å². The van der Waals surface area contributed by atoms with Gasteiger partial charge in [-0.15, -0.1) is 0 Å². The number of fused-ring (bicyclic) bond motifs is 1. The average Bonchev–Trinajstić information content (AvgIpc) is 2.69. The van der Waals surface area contributed by atoms with Crippen molar-refractivity contribution in [3.63, 3.8) is 0 Å². The highest BCUT2D eigenvalue weighted by atomic mass is 16.6. The molecule has 4 rings (SSSR count). The summed E-state index contributed by atoms with van der Waals surface area (Å²) < 4.78 is 13.0. The van der Waals surface area contributed by atoms with Crippen molar-refractivity contribution in [1.29, 1.82) is 0 Å². The van der Waals surface area contributed by atoms with Crippen LogP contribution in [-0.2, 0) is 9.47 Å². The first kappa shape index (κ1) is 17.7. The van der Waals surface area contributed by atoms with E-state index < -0.39 is 11.4 Å². The standard InChI is InChI=1S/C22H28N2O2/c1-3-14-22-21(2,23-19(16-26-22)17-10-6-4-7-11-17)25-15-20(24-22)18-12-8-5-9-13-18/h4-13,19-20,23-24H,3,14-16H2,1-2H3/t19-,20-,21+,22+/m1/s1. The molecule has 0 aromatic heterocycles. The van der Waals surface area contributed by atoms with E-state index in [2.05, 4.69) is 73.0 Å². The highest BCUT2D eigenvalue weighted by Gasteiger charge is 2.57. The lowest BCUT2D eigenvalue weighted by molar-refractivity contribution is -0.298. The molecule has 2 aromatic carbocycles. The molecular formula is C22H28N2O2. The normalized spacial score (nSPS) is 34.2. The van der Waals surface area contributed by atoms with Crippen LogP contribution in [0.3, 0.4) is 0 Å². The number of ether oxygens (including phenoxy) is 2. The molecule has 2 heterocycles. The molecule has 0 saturated carbocycles. The second-order valence-electron chi connectivity index (χ2n) is 7.45. The van der Waals surface area contributed by atoms with E-state index in [0.717, 1.165) is 12.8 Å². The molecule has 2 aliphatic rings. The molecule has 0 amide bonds. The topological polar surface area (TPSA) is 42.5 Å². The van der Waals surface area contributed by atoms with E-state index in [1.165, 1.54) is 11.1 Å². The Kier molecular flexibility index (Phi) is 4.84. The van der Waals surface area contributed by atoms with Gasteiger partial charge in [-0.1, -0.05) is 74.0 Å². The summed E-state index contributed by atoms with van der Waals surface area (Å²) >= 11 is 0. The fourth-order valence-corrected chi connectivity index (χ4v) is 4.23. The fourth-order valence-electron chi connectivity index (χ4n) is 4.23. The molecule has 2 N–H and O–H groups in total. The molecule has 0 radical (unpaired) electrons. The number of rotatable bonds is 4. The minimum atomic E-state index is -0.576. The first-order chi connectivity index (χ1) is 12.7. The Balaban J connectivity index is 1.60. The molecule has 4 atom stereocenters. The third-order valence-electron chi connectivity index (χ3n) is 5.67. The summed E-state index contributed by atoms with van der Waals surface area (Å²) in [6.07, 6.45) is 1.91. The van der Waals surface area contributed by atoms with Crippen molar-refractivity contribution in [1.82, 2.24) is 10.6 Å². The van der Waals surface area contributed by atoms with Crippen LogP contribution in [0, 0.1) is 0 Å². The van der Waals surface area contributed by atoms with Gasteiger partial charge >= 0.3 is 0 Å². The van der Waals surface area contributed by atoms with Crippen LogP contribution in [0.25, 0.3) is 0 Å². The van der Waals surface area contributed by atoms with Gasteiger partial charge < -0.3 is 9.47 Å². The van der Waals surface area contributed by atoms with E-state index >= 15 is 0 Å². The van der Waals surface area contributed by atoms with E-state index in [9.17, 15) is 0 Å². The van der Waals surface area contributed by atoms with Crippen molar-refractivity contribution in [2.24, 2.45) is 0 Å². The molecule has 26 heavy (non-hydrogen) atoms. The minimum Gasteiger partial charge on any atom is -0.354 e. The summed E-state index contributed by atoms with van der Waals surface area (Å²) in [6.45, 7) is 5.54. The Morgan fingerprint density at radius 1 is 0.846 bits per heavy atom. The van der Waals surface area contributed by atoms with Gasteiger partial charge in [-0.05, 0) is 24.5 Å². The predicted octanol–water partition coefficient (Wildman–Crippen LogP) is 3.92. The van der Waals surface area contributed by atoms with Gasteiger partial charge in [0.05, 0.1) is 25.3 Å². The maximum absolute atomic E-state index is 6.53. The van der Waals surface area contributed by atoms with Gasteiger partial charge in [0.15, 0.2) is 11.4 Å². The monoisotopic (exact) mass is 352 g/mol. The molecule has 2 fully saturated rings. The smallest absolute Gasteiger partial charge is 0.162 e. The van der Waals surface area contributed by atoms with Gasteiger partial charge in [0.2, 0.25) is 0 Å². The Morgan fingerprint density at radius 3 is 1.96 bits per heavy atom. The van der Waals surface area contributed by atoms with E-state index in [-0.39, 0.29) is 12.1 Å². The Hall–Kier alpha value is -1.72. The molecule has 4 nitrogen and oxygen atoms in total. The molecule has 2 saturated heterocycles. The molecule has 0 bridgehead atoms. The second-order valence-corrected chi connectivity index (χ2v) is 7.45. The van der Waals surface area contributed by atoms with Crippen molar-refractivity contribution >= 4 is 0 Å². The molecule has 0 unspecified atom stereocenters. The molecule has 0 spiro atoms. The van der Waals surface area contributed by atoms with Gasteiger partial charge in [0, 0.05) is 0 Å². The number of nitrogens with one attached hydrogen (secondary N) is 2. The van der Waals surface area contributed by atoms with Crippen LogP contribution < -0.4 is 10.6 Å². The largest absolute Gasteiger partial charge is 0.354 e. The Morgan fingerprint density at radius 2 is 1.38 bits per heavy atom. The van der Waals surface area contributed by atoms with Crippen molar-refractivity contribution in [2.45, 2.75) is 50.2 Å². The summed E-state index contributed by atoms with van der Waals surface area (Å²) in [5.74, 6) is 0. The van der Waals surface area contributed by atoms with E-state index in [0.29, 0.717) is 13.2 Å². The second kappa shape index (κ2) is 7.12. The lowest BCUT2D eigenvalue weighted by Gasteiger charge is -2.58. The number of morpholine rings is 2. The quantitative estimate of drug-likeness (QED) is 0.875. The van der Waals surface area contributed by atoms with Crippen molar-refractivity contribution in [2.75, 3.05) is 13.2 Å². The lowest BCUT2D eigenvalue weighted by atomic mass is 9.87. The van der Waals surface area contributed by atoms with Crippen LogP contribution in [0.15, 0.2) is 60.7 Å². The van der Waals surface area contributed by atoms with Crippen molar-refractivity contribution in [3.8, 4) is 0 Å². The number of hydrogen-bond donors (Lipinski definition) is 2. The maximum Gasteiger partial charge on any atom is 0.162 e. The molecule has 0 aliphatic carbocycles. The van der Waals surface area contributed by atoms with Crippen LogP contribution in [-0.4, -0.2) is 24.7 Å². The summed E-state index contributed by atoms with van der Waals surface area (Å²) in [5, 5.41) is 7.52. The van der Waals surface area contributed by atoms with Gasteiger partial charge in [-0.3, -0.25) is 10.6 Å². The SMILES string of the molecule is CCC[C@@]12N[C@@H](c3ccccc3)CO[C@]1(C)N[C@@H](c1ccccc1)CO2. The minimum absolute atomic E-state index is 0.126. The maximum atomic E-state index is 6.53. The third kappa shape index (κ3) is 3.08. The summed E-state index contributed by atoms with van der Waals surface area (Å²) in [4.78, 5) is 0. The average molecular weight is 352 g/mol. The van der Waals surface area contributed by atoms with Crippen LogP contribution in [0.5, 0.6) is 0 Å². The molecule has 2 aliphatic heterocycles. The van der Waals surface area contributed by atoms with Crippen molar-refractivity contribution < 1.29 is 9.47 Å². The van der Waals surface area contributed by atoms with Gasteiger partial charge in [0.25, 0.3) is 0 Å². The fraction of sp³-hybridized carbons (Fsp3) is 0.455. The molecule has 4 heteroatoms. The number of hydrogen-bond acceptors (Lipinski definition) is 4. The predicted molar refractivity (Wildman–Crippen MR) is 103 cm³/mol. The highest BCUT2D eigenvalue weighted by molar-refractivity contribution is 5.24. The Bertz CT molecular complexity index is 723. The zero-order chi connectivity index (χ0) is 18.0. The van der Waals surface area contributed by atoms with Crippen LogP contribution in [0.4, 0.5) is 0 Å². The molecular weight excluding hydrogens is 324 g/mol. The van der Waals surface area contributed by atoms with Crippen LogP contribution in [0.2, 0.25) is 0 Å². The highest BCUT2D eigenvalue weighted by Crippen LogP contribution is 2.42. The van der Waals surface area contributed by atoms with E-state index in [4.69, 9.17) is 9.47 Å². The zero-order valence-corrected chi connectivity index (χ0v) is 15.6. The van der Waals surface area contributed by atoms with Gasteiger partial charge in [-0.25, -0.2) is 0 Å². The van der Waals surface area contributed by atoms with E-state index in [1.54, 1.807) is 0 Å².